The van der Waals surface area contributed by atoms with Crippen molar-refractivity contribution in [3.05, 3.63) is 10.9 Å². The number of amides is 1. The van der Waals surface area contributed by atoms with Crippen LogP contribution >= 0.6 is 15.9 Å². The molecule has 1 amide bonds. The zero-order valence-corrected chi connectivity index (χ0v) is 11.9. The highest BCUT2D eigenvalue weighted by molar-refractivity contribution is 9.10. The number of piperidine rings is 1. The lowest BCUT2D eigenvalue weighted by Crippen LogP contribution is -2.42. The molecule has 1 fully saturated rings. The van der Waals surface area contributed by atoms with E-state index in [9.17, 15) is 4.79 Å². The van der Waals surface area contributed by atoms with Crippen LogP contribution in [0.5, 0.6) is 0 Å². The van der Waals surface area contributed by atoms with Crippen LogP contribution in [0, 0.1) is 0 Å². The smallest absolute Gasteiger partial charge is 0.220 e. The largest absolute Gasteiger partial charge is 0.365 e. The quantitative estimate of drug-likeness (QED) is 0.854. The van der Waals surface area contributed by atoms with Gasteiger partial charge in [0.1, 0.15) is 16.7 Å². The summed E-state index contributed by atoms with van der Waals surface area (Å²) in [7, 11) is 1.84. The molecule has 1 unspecified atom stereocenters. The highest BCUT2D eigenvalue weighted by Gasteiger charge is 2.20. The maximum atomic E-state index is 11.1. The third kappa shape index (κ3) is 2.27. The van der Waals surface area contributed by atoms with Crippen LogP contribution in [-0.2, 0) is 11.8 Å². The topological polar surface area (TPSA) is 84.7 Å². The first-order valence-corrected chi connectivity index (χ1v) is 6.81. The average Bonchev–Trinajstić information content (AvgIpc) is 2.69. The van der Waals surface area contributed by atoms with Gasteiger partial charge >= 0.3 is 0 Å². The van der Waals surface area contributed by atoms with E-state index in [2.05, 4.69) is 41.6 Å². The van der Waals surface area contributed by atoms with Gasteiger partial charge in [0.25, 0.3) is 0 Å². The van der Waals surface area contributed by atoms with Gasteiger partial charge in [0, 0.05) is 26.1 Å². The summed E-state index contributed by atoms with van der Waals surface area (Å²) in [5.74, 6) is 0.847. The predicted octanol–water partition coefficient (Wildman–Crippen LogP) is 0.816. The summed E-state index contributed by atoms with van der Waals surface area (Å²) >= 11 is 3.42. The van der Waals surface area contributed by atoms with E-state index in [1.807, 2.05) is 7.05 Å². The number of hydrogen-bond acceptors (Lipinski definition) is 5. The van der Waals surface area contributed by atoms with E-state index in [1.165, 1.54) is 6.33 Å². The van der Waals surface area contributed by atoms with Gasteiger partial charge in [-0.05, 0) is 22.4 Å². The van der Waals surface area contributed by atoms with Gasteiger partial charge in [-0.2, -0.15) is 5.10 Å². The van der Waals surface area contributed by atoms with E-state index in [-0.39, 0.29) is 11.9 Å². The third-order valence-corrected chi connectivity index (χ3v) is 3.74. The van der Waals surface area contributed by atoms with Crippen LogP contribution in [0.25, 0.3) is 11.0 Å². The molecule has 0 aliphatic carbocycles. The van der Waals surface area contributed by atoms with Crippen molar-refractivity contribution in [3.63, 3.8) is 0 Å². The summed E-state index contributed by atoms with van der Waals surface area (Å²) in [6.45, 7) is 0.613. The lowest BCUT2D eigenvalue weighted by atomic mass is 10.1. The van der Waals surface area contributed by atoms with Crippen molar-refractivity contribution < 1.29 is 4.79 Å². The first-order valence-electron chi connectivity index (χ1n) is 6.01. The van der Waals surface area contributed by atoms with Crippen LogP contribution in [0.4, 0.5) is 5.82 Å². The fourth-order valence-corrected chi connectivity index (χ4v) is 2.80. The van der Waals surface area contributed by atoms with Crippen LogP contribution in [0.1, 0.15) is 12.8 Å². The maximum Gasteiger partial charge on any atom is 0.220 e. The molecule has 0 radical (unpaired) electrons. The number of nitrogens with one attached hydrogen (secondary N) is 2. The minimum Gasteiger partial charge on any atom is -0.365 e. The predicted molar refractivity (Wildman–Crippen MR) is 73.7 cm³/mol. The molecule has 100 valence electrons. The number of halogens is 1. The molecule has 0 saturated carbocycles. The minimum absolute atomic E-state index is 0.105. The second-order valence-corrected chi connectivity index (χ2v) is 5.27. The Balaban J connectivity index is 1.90. The maximum absolute atomic E-state index is 11.1. The van der Waals surface area contributed by atoms with Gasteiger partial charge < -0.3 is 10.6 Å². The number of carbonyl (C=O) groups excluding carboxylic acids is 1. The molecule has 0 bridgehead atoms. The van der Waals surface area contributed by atoms with E-state index >= 15 is 0 Å². The Morgan fingerprint density at radius 2 is 2.37 bits per heavy atom. The van der Waals surface area contributed by atoms with Gasteiger partial charge in [0.2, 0.25) is 5.91 Å². The molecule has 1 aliphatic rings. The lowest BCUT2D eigenvalue weighted by molar-refractivity contribution is -0.122. The fraction of sp³-hybridized carbons (Fsp3) is 0.455. The highest BCUT2D eigenvalue weighted by atomic mass is 79.9. The number of nitrogens with zero attached hydrogens (tertiary/aromatic N) is 4. The Labute approximate surface area is 117 Å². The summed E-state index contributed by atoms with van der Waals surface area (Å²) in [5, 5.41) is 11.3. The summed E-state index contributed by atoms with van der Waals surface area (Å²) in [5.41, 5.74) is 0.768. The average molecular weight is 325 g/mol. The number of fused-ring (bicyclic) bond motifs is 1. The van der Waals surface area contributed by atoms with Crippen LogP contribution < -0.4 is 10.6 Å². The SMILES string of the molecule is Cn1nc(Br)c2c(NC3CCC(=O)NC3)ncnc21. The van der Waals surface area contributed by atoms with Crippen LogP contribution in [0.2, 0.25) is 0 Å². The monoisotopic (exact) mass is 324 g/mol. The zero-order chi connectivity index (χ0) is 13.4. The highest BCUT2D eigenvalue weighted by Crippen LogP contribution is 2.27. The number of rotatable bonds is 2. The molecule has 1 saturated heterocycles. The fourth-order valence-electron chi connectivity index (χ4n) is 2.20. The zero-order valence-electron chi connectivity index (χ0n) is 10.4. The van der Waals surface area contributed by atoms with Gasteiger partial charge in [-0.25, -0.2) is 14.6 Å². The van der Waals surface area contributed by atoms with Crippen LogP contribution in [0.3, 0.4) is 0 Å². The Kier molecular flexibility index (Phi) is 3.09. The second-order valence-electron chi connectivity index (χ2n) is 4.52. The van der Waals surface area contributed by atoms with Crippen LogP contribution in [-0.4, -0.2) is 38.2 Å². The minimum atomic E-state index is 0.105. The summed E-state index contributed by atoms with van der Waals surface area (Å²) in [6.07, 6.45) is 2.86. The number of aromatic nitrogens is 4. The molecule has 2 N–H and O–H groups in total. The van der Waals surface area contributed by atoms with Crippen molar-refractivity contribution in [3.8, 4) is 0 Å². The van der Waals surface area contributed by atoms with Crippen LogP contribution in [0.15, 0.2) is 10.9 Å². The standard InChI is InChI=1S/C11H13BrN6O/c1-18-11-8(9(12)17-18)10(14-5-15-11)16-6-2-3-7(19)13-4-6/h5-6H,2-4H2,1H3,(H,13,19)(H,14,15,16). The first kappa shape index (κ1) is 12.3. The molecular weight excluding hydrogens is 312 g/mol. The molecule has 0 aromatic carbocycles. The van der Waals surface area contributed by atoms with Gasteiger partial charge in [-0.3, -0.25) is 4.79 Å². The molecule has 7 nitrogen and oxygen atoms in total. The summed E-state index contributed by atoms with van der Waals surface area (Å²) in [6, 6.07) is 0.183. The number of hydrogen-bond donors (Lipinski definition) is 2. The van der Waals surface area contributed by atoms with E-state index in [0.29, 0.717) is 17.6 Å². The normalized spacial score (nSPS) is 19.5. The van der Waals surface area contributed by atoms with Gasteiger partial charge in [0.15, 0.2) is 5.65 Å². The molecule has 3 heterocycles. The Bertz CT molecular complexity index is 629. The summed E-state index contributed by atoms with van der Waals surface area (Å²) < 4.78 is 2.42. The van der Waals surface area contributed by atoms with Gasteiger partial charge in [0.05, 0.1) is 5.39 Å². The number of aryl methyl sites for hydroxylation is 1. The van der Waals surface area contributed by atoms with E-state index < -0.39 is 0 Å². The summed E-state index contributed by atoms with van der Waals surface area (Å²) in [4.78, 5) is 19.6. The molecule has 19 heavy (non-hydrogen) atoms. The van der Waals surface area contributed by atoms with Gasteiger partial charge in [-0.1, -0.05) is 0 Å². The molecule has 8 heteroatoms. The molecule has 0 spiro atoms. The molecular formula is C11H13BrN6O. The molecule has 2 aromatic heterocycles. The molecule has 1 aliphatic heterocycles. The van der Waals surface area contributed by atoms with Gasteiger partial charge in [-0.15, -0.1) is 0 Å². The van der Waals surface area contributed by atoms with Crippen molar-refractivity contribution in [2.24, 2.45) is 7.05 Å². The van der Waals surface area contributed by atoms with Crippen molar-refractivity contribution in [1.29, 1.82) is 0 Å². The number of anilines is 1. The number of carbonyl (C=O) groups is 1. The Morgan fingerprint density at radius 1 is 1.53 bits per heavy atom. The lowest BCUT2D eigenvalue weighted by Gasteiger charge is -2.24. The molecule has 1 atom stereocenters. The Morgan fingerprint density at radius 3 is 3.11 bits per heavy atom. The van der Waals surface area contributed by atoms with E-state index in [4.69, 9.17) is 0 Å². The second kappa shape index (κ2) is 4.76. The van der Waals surface area contributed by atoms with E-state index in [0.717, 1.165) is 23.3 Å². The third-order valence-electron chi connectivity index (χ3n) is 3.18. The van der Waals surface area contributed by atoms with Crippen molar-refractivity contribution in [2.75, 3.05) is 11.9 Å². The molecule has 2 aromatic rings. The van der Waals surface area contributed by atoms with Crippen molar-refractivity contribution >= 4 is 38.7 Å². The first-order chi connectivity index (χ1) is 9.15. The molecule has 3 rings (SSSR count). The Hall–Kier alpha value is -1.70. The van der Waals surface area contributed by atoms with E-state index in [1.54, 1.807) is 4.68 Å². The van der Waals surface area contributed by atoms with Crippen molar-refractivity contribution in [1.82, 2.24) is 25.1 Å². The van der Waals surface area contributed by atoms with Crippen molar-refractivity contribution in [2.45, 2.75) is 18.9 Å².